The maximum absolute atomic E-state index is 12.7. The highest BCUT2D eigenvalue weighted by atomic mass is 32.2. The topological polar surface area (TPSA) is 75.3 Å². The molecule has 0 aromatic heterocycles. The maximum Gasteiger partial charge on any atom is 0.261 e. The Labute approximate surface area is 159 Å². The van der Waals surface area contributed by atoms with Crippen LogP contribution in [0, 0.1) is 13.8 Å². The molecule has 0 aliphatic heterocycles. The molecule has 0 saturated heterocycles. The molecule has 27 heavy (non-hydrogen) atoms. The van der Waals surface area contributed by atoms with E-state index in [4.69, 9.17) is 0 Å². The molecule has 0 heterocycles. The van der Waals surface area contributed by atoms with Crippen LogP contribution in [0.25, 0.3) is 0 Å². The van der Waals surface area contributed by atoms with E-state index in [-0.39, 0.29) is 10.8 Å². The highest BCUT2D eigenvalue weighted by Gasteiger charge is 2.17. The summed E-state index contributed by atoms with van der Waals surface area (Å²) in [5, 5.41) is 2.77. The van der Waals surface area contributed by atoms with Crippen molar-refractivity contribution >= 4 is 27.3 Å². The highest BCUT2D eigenvalue weighted by molar-refractivity contribution is 7.92. The maximum atomic E-state index is 12.7. The number of hydrogen-bond acceptors (Lipinski definition) is 3. The molecule has 3 aromatic carbocycles. The molecular weight excluding hydrogens is 360 g/mol. The number of nitrogens with one attached hydrogen (secondary N) is 2. The third-order valence-corrected chi connectivity index (χ3v) is 5.42. The van der Waals surface area contributed by atoms with Gasteiger partial charge in [-0.2, -0.15) is 0 Å². The Bertz CT molecular complexity index is 1060. The van der Waals surface area contributed by atoms with E-state index in [2.05, 4.69) is 10.0 Å². The third-order valence-electron chi connectivity index (χ3n) is 4.03. The number of aryl methyl sites for hydroxylation is 2. The predicted octanol–water partition coefficient (Wildman–Crippen LogP) is 4.36. The molecule has 0 atom stereocenters. The lowest BCUT2D eigenvalue weighted by Crippen LogP contribution is -2.17. The summed E-state index contributed by atoms with van der Waals surface area (Å²) in [7, 11) is -3.77. The van der Waals surface area contributed by atoms with E-state index in [1.165, 1.54) is 0 Å². The third kappa shape index (κ3) is 4.54. The second-order valence-corrected chi connectivity index (χ2v) is 7.97. The molecule has 0 radical (unpaired) electrons. The van der Waals surface area contributed by atoms with Crippen molar-refractivity contribution in [1.82, 2.24) is 0 Å². The number of hydrogen-bond donors (Lipinski definition) is 2. The highest BCUT2D eigenvalue weighted by Crippen LogP contribution is 2.26. The zero-order chi connectivity index (χ0) is 19.4. The minimum atomic E-state index is -3.77. The van der Waals surface area contributed by atoms with E-state index in [0.717, 1.165) is 11.1 Å². The van der Waals surface area contributed by atoms with Crippen LogP contribution in [0.2, 0.25) is 0 Å². The fourth-order valence-electron chi connectivity index (χ4n) is 2.56. The molecule has 0 unspecified atom stereocenters. The standard InChI is InChI=1S/C21H20N2O3S/c1-15-8-11-18(12-9-15)27(25,26)23-20-14-16(2)10-13-19(20)22-21(24)17-6-4-3-5-7-17/h3-14,23H,1-2H3,(H,22,24). The molecule has 0 saturated carbocycles. The van der Waals surface area contributed by atoms with Crippen LogP contribution in [0.5, 0.6) is 0 Å². The van der Waals surface area contributed by atoms with Gasteiger partial charge in [-0.15, -0.1) is 0 Å². The molecule has 0 fully saturated rings. The van der Waals surface area contributed by atoms with Crippen LogP contribution in [-0.2, 0) is 10.0 Å². The summed E-state index contributed by atoms with van der Waals surface area (Å²) in [6.45, 7) is 3.74. The van der Waals surface area contributed by atoms with Gasteiger partial charge in [0.25, 0.3) is 15.9 Å². The number of carbonyl (C=O) groups is 1. The van der Waals surface area contributed by atoms with Crippen LogP contribution >= 0.6 is 0 Å². The van der Waals surface area contributed by atoms with Crippen LogP contribution in [-0.4, -0.2) is 14.3 Å². The SMILES string of the molecule is Cc1ccc(S(=O)(=O)Nc2cc(C)ccc2NC(=O)c2ccccc2)cc1. The summed E-state index contributed by atoms with van der Waals surface area (Å²) < 4.78 is 28.0. The van der Waals surface area contributed by atoms with Crippen LogP contribution in [0.1, 0.15) is 21.5 Å². The molecule has 0 aliphatic rings. The first kappa shape index (κ1) is 18.7. The summed E-state index contributed by atoms with van der Waals surface area (Å²) >= 11 is 0. The van der Waals surface area contributed by atoms with Crippen molar-refractivity contribution in [3.05, 3.63) is 89.5 Å². The molecule has 3 aromatic rings. The zero-order valence-electron chi connectivity index (χ0n) is 15.1. The largest absolute Gasteiger partial charge is 0.320 e. The van der Waals surface area contributed by atoms with Crippen molar-refractivity contribution in [3.8, 4) is 0 Å². The number of sulfonamides is 1. The van der Waals surface area contributed by atoms with E-state index in [1.807, 2.05) is 26.0 Å². The van der Waals surface area contributed by atoms with Crippen molar-refractivity contribution in [3.63, 3.8) is 0 Å². The average molecular weight is 380 g/mol. The molecule has 5 nitrogen and oxygen atoms in total. The first-order valence-electron chi connectivity index (χ1n) is 8.42. The Kier molecular flexibility index (Phi) is 5.28. The second kappa shape index (κ2) is 7.63. The lowest BCUT2D eigenvalue weighted by molar-refractivity contribution is 0.102. The van der Waals surface area contributed by atoms with E-state index in [0.29, 0.717) is 16.9 Å². The molecule has 6 heteroatoms. The van der Waals surface area contributed by atoms with Crippen molar-refractivity contribution in [1.29, 1.82) is 0 Å². The molecule has 0 aliphatic carbocycles. The van der Waals surface area contributed by atoms with Crippen molar-refractivity contribution < 1.29 is 13.2 Å². The van der Waals surface area contributed by atoms with Crippen molar-refractivity contribution in [2.75, 3.05) is 10.0 Å². The van der Waals surface area contributed by atoms with Crippen LogP contribution in [0.15, 0.2) is 77.7 Å². The van der Waals surface area contributed by atoms with Gasteiger partial charge in [-0.1, -0.05) is 42.0 Å². The lowest BCUT2D eigenvalue weighted by Gasteiger charge is -2.15. The predicted molar refractivity (Wildman–Crippen MR) is 108 cm³/mol. The lowest BCUT2D eigenvalue weighted by atomic mass is 10.1. The van der Waals surface area contributed by atoms with E-state index < -0.39 is 10.0 Å². The molecule has 3 rings (SSSR count). The first-order chi connectivity index (χ1) is 12.8. The van der Waals surface area contributed by atoms with Gasteiger partial charge in [-0.3, -0.25) is 9.52 Å². The monoisotopic (exact) mass is 380 g/mol. The van der Waals surface area contributed by atoms with Gasteiger partial charge in [0.1, 0.15) is 0 Å². The van der Waals surface area contributed by atoms with E-state index in [1.54, 1.807) is 60.7 Å². The van der Waals surface area contributed by atoms with Gasteiger partial charge in [-0.25, -0.2) is 8.42 Å². The fourth-order valence-corrected chi connectivity index (χ4v) is 3.63. The smallest absolute Gasteiger partial charge is 0.261 e. The van der Waals surface area contributed by atoms with E-state index in [9.17, 15) is 13.2 Å². The number of amides is 1. The Morgan fingerprint density at radius 1 is 0.778 bits per heavy atom. The van der Waals surface area contributed by atoms with Gasteiger partial charge >= 0.3 is 0 Å². The summed E-state index contributed by atoms with van der Waals surface area (Å²) in [6.07, 6.45) is 0. The van der Waals surface area contributed by atoms with Crippen molar-refractivity contribution in [2.24, 2.45) is 0 Å². The van der Waals surface area contributed by atoms with Gasteiger partial charge < -0.3 is 5.32 Å². The molecule has 1 amide bonds. The Morgan fingerprint density at radius 2 is 1.41 bits per heavy atom. The molecule has 2 N–H and O–H groups in total. The van der Waals surface area contributed by atoms with Gasteiger partial charge in [0.2, 0.25) is 0 Å². The average Bonchev–Trinajstić information content (AvgIpc) is 2.64. The molecular formula is C21H20N2O3S. The normalized spacial score (nSPS) is 11.0. The molecule has 0 bridgehead atoms. The molecule has 138 valence electrons. The number of carbonyl (C=O) groups excluding carboxylic acids is 1. The Morgan fingerprint density at radius 3 is 2.07 bits per heavy atom. The van der Waals surface area contributed by atoms with Crippen LogP contribution in [0.4, 0.5) is 11.4 Å². The quantitative estimate of drug-likeness (QED) is 0.691. The zero-order valence-corrected chi connectivity index (χ0v) is 15.9. The Balaban J connectivity index is 1.90. The number of benzene rings is 3. The summed E-state index contributed by atoms with van der Waals surface area (Å²) in [5.41, 5.74) is 3.05. The van der Waals surface area contributed by atoms with E-state index >= 15 is 0 Å². The number of rotatable bonds is 5. The summed E-state index contributed by atoms with van der Waals surface area (Å²) in [4.78, 5) is 12.6. The summed E-state index contributed by atoms with van der Waals surface area (Å²) in [5.74, 6) is -0.310. The van der Waals surface area contributed by atoms with Crippen molar-refractivity contribution in [2.45, 2.75) is 18.7 Å². The first-order valence-corrected chi connectivity index (χ1v) is 9.90. The second-order valence-electron chi connectivity index (χ2n) is 6.29. The summed E-state index contributed by atoms with van der Waals surface area (Å²) in [6, 6.07) is 20.5. The molecule has 0 spiro atoms. The number of anilines is 2. The van der Waals surface area contributed by atoms with Gasteiger partial charge in [0, 0.05) is 5.56 Å². The van der Waals surface area contributed by atoms with Gasteiger partial charge in [0.15, 0.2) is 0 Å². The van der Waals surface area contributed by atoms with Gasteiger partial charge in [0.05, 0.1) is 16.3 Å². The van der Waals surface area contributed by atoms with Crippen LogP contribution < -0.4 is 10.0 Å². The van der Waals surface area contributed by atoms with Gasteiger partial charge in [-0.05, 0) is 55.8 Å². The van der Waals surface area contributed by atoms with Crippen LogP contribution in [0.3, 0.4) is 0 Å². The minimum Gasteiger partial charge on any atom is -0.320 e. The minimum absolute atomic E-state index is 0.162. The fraction of sp³-hybridized carbons (Fsp3) is 0.0952. The Hall–Kier alpha value is -3.12.